The predicted molar refractivity (Wildman–Crippen MR) is 108 cm³/mol. The highest BCUT2D eigenvalue weighted by Crippen LogP contribution is 2.47. The number of H-pyrrole nitrogens is 1. The smallest absolute Gasteiger partial charge is 0.372 e. The van der Waals surface area contributed by atoms with Gasteiger partial charge in [-0.1, -0.05) is 6.07 Å². The summed E-state index contributed by atoms with van der Waals surface area (Å²) < 4.78 is 71.3. The maximum absolute atomic E-state index is 14.3. The first-order valence-corrected chi connectivity index (χ1v) is 9.49. The summed E-state index contributed by atoms with van der Waals surface area (Å²) in [5.41, 5.74) is -3.10. The van der Waals surface area contributed by atoms with Crippen LogP contribution < -0.4 is 0 Å². The second-order valence-electron chi connectivity index (χ2n) is 7.41. The Bertz CT molecular complexity index is 1450. The van der Waals surface area contributed by atoms with Gasteiger partial charge in [0.25, 0.3) is 0 Å². The Morgan fingerprint density at radius 3 is 2.31 bits per heavy atom. The quantitative estimate of drug-likeness (QED) is 0.358. The molecule has 0 aliphatic heterocycles. The molecule has 3 aromatic carbocycles. The zero-order valence-electron chi connectivity index (χ0n) is 16.2. The number of hydrogen-bond acceptors (Lipinski definition) is 2. The number of benzene rings is 3. The number of aromatic nitrogens is 3. The lowest BCUT2D eigenvalue weighted by atomic mass is 9.85. The van der Waals surface area contributed by atoms with Gasteiger partial charge in [-0.05, 0) is 60.2 Å². The fraction of sp³-hybridized carbons (Fsp3) is 0.0870. The van der Waals surface area contributed by atoms with E-state index in [-0.39, 0.29) is 10.9 Å². The van der Waals surface area contributed by atoms with E-state index in [1.807, 2.05) is 0 Å². The zero-order chi connectivity index (χ0) is 22.7. The lowest BCUT2D eigenvalue weighted by molar-refractivity contribution is -0.247. The first-order chi connectivity index (χ1) is 15.2. The van der Waals surface area contributed by atoms with Crippen LogP contribution in [-0.2, 0) is 5.60 Å². The summed E-state index contributed by atoms with van der Waals surface area (Å²) in [7, 11) is 0. The Balaban J connectivity index is 1.70. The fourth-order valence-corrected chi connectivity index (χ4v) is 3.91. The van der Waals surface area contributed by atoms with Gasteiger partial charge in [0.05, 0.1) is 17.4 Å². The van der Waals surface area contributed by atoms with Gasteiger partial charge in [0.2, 0.25) is 5.60 Å². The van der Waals surface area contributed by atoms with Crippen molar-refractivity contribution in [3.8, 4) is 5.69 Å². The second kappa shape index (κ2) is 6.89. The van der Waals surface area contributed by atoms with Crippen molar-refractivity contribution in [1.82, 2.24) is 14.8 Å². The van der Waals surface area contributed by atoms with Gasteiger partial charge in [0.15, 0.2) is 0 Å². The minimum atomic E-state index is -5.10. The van der Waals surface area contributed by atoms with Crippen molar-refractivity contribution in [2.75, 3.05) is 0 Å². The molecule has 0 saturated heterocycles. The van der Waals surface area contributed by atoms with E-state index in [1.165, 1.54) is 53.3 Å². The molecule has 1 unspecified atom stereocenters. The van der Waals surface area contributed by atoms with Crippen LogP contribution in [0.3, 0.4) is 0 Å². The van der Waals surface area contributed by atoms with Crippen LogP contribution in [0.15, 0.2) is 73.1 Å². The maximum atomic E-state index is 14.3. The second-order valence-corrected chi connectivity index (χ2v) is 7.41. The standard InChI is InChI=1S/C23H14F5N3O/c24-15-2-5-17(6-3-15)31-21-8-1-14(9-13(21)11-30-31)22(32,23(26,27)28)19-12-29-20-7-4-16(25)10-18(19)20/h1-12,29,32H. The molecule has 4 nitrogen and oxygen atoms in total. The van der Waals surface area contributed by atoms with Gasteiger partial charge in [-0.15, -0.1) is 0 Å². The third-order valence-electron chi connectivity index (χ3n) is 5.50. The van der Waals surface area contributed by atoms with Crippen LogP contribution >= 0.6 is 0 Å². The van der Waals surface area contributed by atoms with E-state index in [4.69, 9.17) is 0 Å². The van der Waals surface area contributed by atoms with Crippen molar-refractivity contribution < 1.29 is 27.1 Å². The predicted octanol–water partition coefficient (Wildman–Crippen LogP) is 5.58. The Morgan fingerprint density at radius 1 is 0.875 bits per heavy atom. The molecule has 2 N–H and O–H groups in total. The fourth-order valence-electron chi connectivity index (χ4n) is 3.91. The van der Waals surface area contributed by atoms with Crippen molar-refractivity contribution in [3.05, 3.63) is 95.8 Å². The Labute approximate surface area is 177 Å². The molecule has 0 fully saturated rings. The third kappa shape index (κ3) is 2.96. The van der Waals surface area contributed by atoms with Gasteiger partial charge < -0.3 is 10.1 Å². The SMILES string of the molecule is OC(c1ccc2c(cnn2-c2ccc(F)cc2)c1)(c1c[nH]c2ccc(F)cc12)C(F)(F)F. The average Bonchev–Trinajstić information content (AvgIpc) is 3.36. The van der Waals surface area contributed by atoms with Crippen molar-refractivity contribution in [2.24, 2.45) is 0 Å². The number of alkyl halides is 3. The molecular weight excluding hydrogens is 429 g/mol. The summed E-state index contributed by atoms with van der Waals surface area (Å²) in [5, 5.41) is 15.5. The summed E-state index contributed by atoms with van der Waals surface area (Å²) >= 11 is 0. The zero-order valence-corrected chi connectivity index (χ0v) is 16.2. The van der Waals surface area contributed by atoms with E-state index >= 15 is 0 Å². The minimum absolute atomic E-state index is 0.0769. The van der Waals surface area contributed by atoms with Gasteiger partial charge in [-0.3, -0.25) is 0 Å². The monoisotopic (exact) mass is 443 g/mol. The maximum Gasteiger partial charge on any atom is 0.425 e. The number of aromatic amines is 1. The molecular formula is C23H14F5N3O. The Morgan fingerprint density at radius 2 is 1.59 bits per heavy atom. The van der Waals surface area contributed by atoms with Crippen molar-refractivity contribution in [2.45, 2.75) is 11.8 Å². The largest absolute Gasteiger partial charge is 0.425 e. The highest BCUT2D eigenvalue weighted by molar-refractivity contribution is 5.86. The van der Waals surface area contributed by atoms with Gasteiger partial charge >= 0.3 is 6.18 Å². The number of nitrogens with one attached hydrogen (secondary N) is 1. The van der Waals surface area contributed by atoms with Crippen LogP contribution in [0.2, 0.25) is 0 Å². The number of hydrogen-bond donors (Lipinski definition) is 2. The molecule has 162 valence electrons. The molecule has 0 radical (unpaired) electrons. The molecule has 5 rings (SSSR count). The van der Waals surface area contributed by atoms with E-state index in [0.717, 1.165) is 24.4 Å². The highest BCUT2D eigenvalue weighted by atomic mass is 19.4. The molecule has 32 heavy (non-hydrogen) atoms. The minimum Gasteiger partial charge on any atom is -0.372 e. The van der Waals surface area contributed by atoms with Gasteiger partial charge in [0, 0.05) is 28.0 Å². The summed E-state index contributed by atoms with van der Waals surface area (Å²) in [6, 6.07) is 12.6. The average molecular weight is 443 g/mol. The molecule has 0 amide bonds. The molecule has 2 heterocycles. The van der Waals surface area contributed by atoms with Crippen LogP contribution in [0.25, 0.3) is 27.5 Å². The molecule has 0 spiro atoms. The number of halogens is 5. The number of nitrogens with zero attached hydrogens (tertiary/aromatic N) is 2. The van der Waals surface area contributed by atoms with E-state index in [1.54, 1.807) is 0 Å². The number of fused-ring (bicyclic) bond motifs is 2. The van der Waals surface area contributed by atoms with Crippen LogP contribution in [0.5, 0.6) is 0 Å². The van der Waals surface area contributed by atoms with E-state index in [0.29, 0.717) is 16.6 Å². The molecule has 2 aromatic heterocycles. The van der Waals surface area contributed by atoms with Crippen molar-refractivity contribution >= 4 is 21.8 Å². The summed E-state index contributed by atoms with van der Waals surface area (Å²) in [4.78, 5) is 2.66. The van der Waals surface area contributed by atoms with Crippen LogP contribution in [0, 0.1) is 11.6 Å². The topological polar surface area (TPSA) is 53.8 Å². The molecule has 0 aliphatic rings. The highest BCUT2D eigenvalue weighted by Gasteiger charge is 2.57. The molecule has 5 aromatic rings. The molecule has 9 heteroatoms. The van der Waals surface area contributed by atoms with Gasteiger partial charge in [0.1, 0.15) is 11.6 Å². The molecule has 0 aliphatic carbocycles. The summed E-state index contributed by atoms with van der Waals surface area (Å²) in [6.07, 6.45) is -2.72. The Hall–Kier alpha value is -3.72. The molecule has 0 saturated carbocycles. The lowest BCUT2D eigenvalue weighted by Gasteiger charge is -2.31. The van der Waals surface area contributed by atoms with Gasteiger partial charge in [-0.25, -0.2) is 13.5 Å². The van der Waals surface area contributed by atoms with Crippen LogP contribution in [-0.4, -0.2) is 26.0 Å². The van der Waals surface area contributed by atoms with Crippen LogP contribution in [0.4, 0.5) is 22.0 Å². The van der Waals surface area contributed by atoms with E-state index in [2.05, 4.69) is 10.1 Å². The van der Waals surface area contributed by atoms with E-state index in [9.17, 15) is 27.1 Å². The number of aliphatic hydroxyl groups is 1. The third-order valence-corrected chi connectivity index (χ3v) is 5.50. The van der Waals surface area contributed by atoms with Gasteiger partial charge in [-0.2, -0.15) is 18.3 Å². The summed E-state index contributed by atoms with van der Waals surface area (Å²) in [6.45, 7) is 0. The van der Waals surface area contributed by atoms with Crippen molar-refractivity contribution in [1.29, 1.82) is 0 Å². The summed E-state index contributed by atoms with van der Waals surface area (Å²) in [5.74, 6) is -1.16. The van der Waals surface area contributed by atoms with Crippen molar-refractivity contribution in [3.63, 3.8) is 0 Å². The first-order valence-electron chi connectivity index (χ1n) is 9.49. The first kappa shape index (κ1) is 20.2. The Kier molecular flexibility index (Phi) is 4.35. The van der Waals surface area contributed by atoms with E-state index < -0.39 is 34.5 Å². The van der Waals surface area contributed by atoms with Crippen LogP contribution in [0.1, 0.15) is 11.1 Å². The molecule has 1 atom stereocenters. The normalized spacial score (nSPS) is 14.2. The number of rotatable bonds is 3. The molecule has 0 bridgehead atoms. The lowest BCUT2D eigenvalue weighted by Crippen LogP contribution is -2.43.